The van der Waals surface area contributed by atoms with Gasteiger partial charge in [-0.1, -0.05) is 6.07 Å². The summed E-state index contributed by atoms with van der Waals surface area (Å²) >= 11 is 0. The predicted octanol–water partition coefficient (Wildman–Crippen LogP) is 2.84. The molecule has 9 nitrogen and oxygen atoms in total. The van der Waals surface area contributed by atoms with Crippen molar-refractivity contribution in [3.8, 4) is 5.75 Å². The number of nitrogens with zero attached hydrogens (tertiary/aromatic N) is 2. The molecule has 3 rings (SSSR count). The Hall–Kier alpha value is -3.14. The maximum Gasteiger partial charge on any atom is 0.270 e. The van der Waals surface area contributed by atoms with E-state index < -0.39 is 14.9 Å². The molecule has 0 radical (unpaired) electrons. The number of nitro benzene ring substituents is 1. The second-order valence-corrected chi connectivity index (χ2v) is 8.00. The Balaban J connectivity index is 1.94. The molecule has 0 unspecified atom stereocenters. The molecule has 2 aromatic carbocycles. The first-order chi connectivity index (χ1) is 13.2. The molecular formula is C18H19N3O6S. The standard InChI is InChI=1S/C18H19N3O6S/c1-12-5-7-14(21(23)24)11-17(12)28(25,26)19-13-6-8-15(16(10-13)27-2)20-9-3-4-18(20)22/h5-8,10-11,19H,3-4,9H2,1-2H3. The zero-order valence-electron chi connectivity index (χ0n) is 15.3. The number of amides is 1. The van der Waals surface area contributed by atoms with Gasteiger partial charge in [0.05, 0.1) is 28.3 Å². The largest absolute Gasteiger partial charge is 0.494 e. The van der Waals surface area contributed by atoms with Crippen LogP contribution in [-0.4, -0.2) is 32.9 Å². The molecule has 28 heavy (non-hydrogen) atoms. The van der Waals surface area contributed by atoms with Crippen LogP contribution in [0, 0.1) is 17.0 Å². The van der Waals surface area contributed by atoms with Crippen molar-refractivity contribution < 1.29 is 22.9 Å². The van der Waals surface area contributed by atoms with E-state index in [0.29, 0.717) is 30.0 Å². The van der Waals surface area contributed by atoms with E-state index >= 15 is 0 Å². The van der Waals surface area contributed by atoms with Crippen LogP contribution in [0.1, 0.15) is 18.4 Å². The fourth-order valence-electron chi connectivity index (χ4n) is 3.07. The summed E-state index contributed by atoms with van der Waals surface area (Å²) in [5.74, 6) is 0.338. The van der Waals surface area contributed by atoms with Gasteiger partial charge >= 0.3 is 0 Å². The molecule has 10 heteroatoms. The molecule has 0 saturated carbocycles. The highest BCUT2D eigenvalue weighted by Gasteiger charge is 2.25. The predicted molar refractivity (Wildman–Crippen MR) is 103 cm³/mol. The van der Waals surface area contributed by atoms with Crippen molar-refractivity contribution in [1.29, 1.82) is 0 Å². The summed E-state index contributed by atoms with van der Waals surface area (Å²) in [7, 11) is -2.63. The minimum atomic E-state index is -4.06. The van der Waals surface area contributed by atoms with E-state index in [-0.39, 0.29) is 22.2 Å². The van der Waals surface area contributed by atoms with Crippen LogP contribution in [0.25, 0.3) is 0 Å². The lowest BCUT2D eigenvalue weighted by Gasteiger charge is -2.20. The number of benzene rings is 2. The number of non-ortho nitro benzene ring substituents is 1. The van der Waals surface area contributed by atoms with Crippen molar-refractivity contribution in [3.05, 3.63) is 52.1 Å². The Bertz CT molecular complexity index is 1050. The highest BCUT2D eigenvalue weighted by Crippen LogP contribution is 2.34. The Morgan fingerprint density at radius 2 is 1.96 bits per heavy atom. The first kappa shape index (κ1) is 19.6. The van der Waals surface area contributed by atoms with Crippen LogP contribution >= 0.6 is 0 Å². The van der Waals surface area contributed by atoms with Crippen LogP contribution in [0.5, 0.6) is 5.75 Å². The molecule has 1 aliphatic rings. The molecule has 1 saturated heterocycles. The highest BCUT2D eigenvalue weighted by molar-refractivity contribution is 7.92. The van der Waals surface area contributed by atoms with Crippen LogP contribution in [0.4, 0.5) is 17.1 Å². The summed E-state index contributed by atoms with van der Waals surface area (Å²) in [4.78, 5) is 23.7. The number of hydrogen-bond acceptors (Lipinski definition) is 6. The SMILES string of the molecule is COc1cc(NS(=O)(=O)c2cc([N+](=O)[O-])ccc2C)ccc1N1CCCC1=O. The summed E-state index contributed by atoms with van der Waals surface area (Å²) in [6.45, 7) is 2.13. The van der Waals surface area contributed by atoms with E-state index in [1.165, 1.54) is 31.4 Å². The molecule has 2 aromatic rings. The van der Waals surface area contributed by atoms with Gasteiger partial charge in [0.2, 0.25) is 5.91 Å². The number of rotatable bonds is 6. The van der Waals surface area contributed by atoms with E-state index in [1.807, 2.05) is 0 Å². The van der Waals surface area contributed by atoms with Gasteiger partial charge in [0, 0.05) is 31.2 Å². The van der Waals surface area contributed by atoms with E-state index in [9.17, 15) is 23.3 Å². The van der Waals surface area contributed by atoms with Gasteiger partial charge in [-0.25, -0.2) is 8.42 Å². The van der Waals surface area contributed by atoms with Gasteiger partial charge in [0.25, 0.3) is 15.7 Å². The summed E-state index contributed by atoms with van der Waals surface area (Å²) in [5.41, 5.74) is 0.855. The number of hydrogen-bond donors (Lipinski definition) is 1. The zero-order valence-corrected chi connectivity index (χ0v) is 16.2. The monoisotopic (exact) mass is 405 g/mol. The van der Waals surface area contributed by atoms with Crippen molar-refractivity contribution in [2.75, 3.05) is 23.3 Å². The number of nitrogens with one attached hydrogen (secondary N) is 1. The molecule has 0 spiro atoms. The average Bonchev–Trinajstić information content (AvgIpc) is 3.07. The fraction of sp³-hybridized carbons (Fsp3) is 0.278. The Labute approximate surface area is 162 Å². The highest BCUT2D eigenvalue weighted by atomic mass is 32.2. The Kier molecular flexibility index (Phi) is 5.23. The van der Waals surface area contributed by atoms with Crippen LogP contribution in [-0.2, 0) is 14.8 Å². The second kappa shape index (κ2) is 7.47. The third-order valence-corrected chi connectivity index (χ3v) is 5.99. The van der Waals surface area contributed by atoms with Crippen molar-refractivity contribution in [2.45, 2.75) is 24.7 Å². The maximum atomic E-state index is 12.8. The van der Waals surface area contributed by atoms with Gasteiger partial charge in [0.1, 0.15) is 5.75 Å². The molecule has 1 N–H and O–H groups in total. The lowest BCUT2D eigenvalue weighted by molar-refractivity contribution is -0.385. The summed E-state index contributed by atoms with van der Waals surface area (Å²) in [6.07, 6.45) is 1.21. The minimum absolute atomic E-state index is 0.0150. The van der Waals surface area contributed by atoms with Crippen LogP contribution in [0.3, 0.4) is 0 Å². The quantitative estimate of drug-likeness (QED) is 0.583. The smallest absolute Gasteiger partial charge is 0.270 e. The number of aryl methyl sites for hydroxylation is 1. The molecular weight excluding hydrogens is 386 g/mol. The van der Waals surface area contributed by atoms with Crippen LogP contribution in [0.2, 0.25) is 0 Å². The topological polar surface area (TPSA) is 119 Å². The number of nitro groups is 1. The van der Waals surface area contributed by atoms with Gasteiger partial charge in [-0.2, -0.15) is 0 Å². The molecule has 148 valence electrons. The summed E-state index contributed by atoms with van der Waals surface area (Å²) in [5, 5.41) is 11.0. The molecule has 0 bridgehead atoms. The Morgan fingerprint density at radius 3 is 2.57 bits per heavy atom. The van der Waals surface area contributed by atoms with Crippen molar-refractivity contribution in [3.63, 3.8) is 0 Å². The van der Waals surface area contributed by atoms with E-state index in [2.05, 4.69) is 4.72 Å². The molecule has 1 aliphatic heterocycles. The van der Waals surface area contributed by atoms with E-state index in [1.54, 1.807) is 17.9 Å². The van der Waals surface area contributed by atoms with Crippen molar-refractivity contribution >= 4 is 33.0 Å². The zero-order chi connectivity index (χ0) is 20.5. The maximum absolute atomic E-state index is 12.8. The lowest BCUT2D eigenvalue weighted by Crippen LogP contribution is -2.24. The van der Waals surface area contributed by atoms with Gasteiger partial charge in [-0.15, -0.1) is 0 Å². The molecule has 0 aromatic heterocycles. The summed E-state index contributed by atoms with van der Waals surface area (Å²) < 4.78 is 33.2. The molecule has 0 atom stereocenters. The van der Waals surface area contributed by atoms with Gasteiger partial charge in [-0.05, 0) is 31.0 Å². The first-order valence-electron chi connectivity index (χ1n) is 8.49. The number of ether oxygens (including phenoxy) is 1. The summed E-state index contributed by atoms with van der Waals surface area (Å²) in [6, 6.07) is 8.26. The van der Waals surface area contributed by atoms with Crippen molar-refractivity contribution in [2.24, 2.45) is 0 Å². The van der Waals surface area contributed by atoms with E-state index in [4.69, 9.17) is 4.74 Å². The Morgan fingerprint density at radius 1 is 1.21 bits per heavy atom. The number of methoxy groups -OCH3 is 1. The lowest BCUT2D eigenvalue weighted by atomic mass is 10.2. The normalized spacial score (nSPS) is 14.2. The van der Waals surface area contributed by atoms with Crippen LogP contribution in [0.15, 0.2) is 41.3 Å². The van der Waals surface area contributed by atoms with E-state index in [0.717, 1.165) is 12.5 Å². The number of carbonyl (C=O) groups excluding carboxylic acids is 1. The molecule has 1 amide bonds. The minimum Gasteiger partial charge on any atom is -0.494 e. The number of carbonyl (C=O) groups is 1. The molecule has 0 aliphatic carbocycles. The average molecular weight is 405 g/mol. The fourth-order valence-corrected chi connectivity index (χ4v) is 4.38. The number of sulfonamides is 1. The van der Waals surface area contributed by atoms with Crippen molar-refractivity contribution in [1.82, 2.24) is 0 Å². The first-order valence-corrected chi connectivity index (χ1v) is 9.97. The van der Waals surface area contributed by atoms with Gasteiger partial charge in [-0.3, -0.25) is 19.6 Å². The van der Waals surface area contributed by atoms with Crippen LogP contribution < -0.4 is 14.4 Å². The van der Waals surface area contributed by atoms with Gasteiger partial charge in [0.15, 0.2) is 0 Å². The molecule has 1 heterocycles. The third-order valence-electron chi connectivity index (χ3n) is 4.47. The van der Waals surface area contributed by atoms with Gasteiger partial charge < -0.3 is 9.64 Å². The number of anilines is 2. The third kappa shape index (κ3) is 3.77. The molecule has 1 fully saturated rings. The second-order valence-electron chi connectivity index (χ2n) is 6.35.